The zero-order valence-electron chi connectivity index (χ0n) is 15.9. The Morgan fingerprint density at radius 3 is 2.21 bits per heavy atom. The summed E-state index contributed by atoms with van der Waals surface area (Å²) in [5, 5.41) is 0. The van der Waals surface area contributed by atoms with Gasteiger partial charge in [0.25, 0.3) is 0 Å². The minimum absolute atomic E-state index is 0.0910. The van der Waals surface area contributed by atoms with Crippen LogP contribution in [0.15, 0.2) is 24.3 Å². The van der Waals surface area contributed by atoms with Crippen molar-refractivity contribution in [3.8, 4) is 5.75 Å². The van der Waals surface area contributed by atoms with Crippen molar-refractivity contribution in [2.75, 3.05) is 7.11 Å². The number of ketones is 1. The van der Waals surface area contributed by atoms with Gasteiger partial charge in [-0.2, -0.15) is 0 Å². The normalized spacial score (nSPS) is 13.3. The van der Waals surface area contributed by atoms with Gasteiger partial charge in [-0.1, -0.05) is 53.7 Å². The average Bonchev–Trinajstić information content (AvgIpc) is 2.48. The fourth-order valence-corrected chi connectivity index (χ4v) is 2.47. The lowest BCUT2D eigenvalue weighted by Crippen LogP contribution is -2.38. The van der Waals surface area contributed by atoms with Crippen LogP contribution in [0.25, 0.3) is 0 Å². The Labute approximate surface area is 145 Å². The third-order valence-corrected chi connectivity index (χ3v) is 4.01. The highest BCUT2D eigenvalue weighted by Gasteiger charge is 2.38. The molecule has 1 aromatic carbocycles. The van der Waals surface area contributed by atoms with Gasteiger partial charge in [0.15, 0.2) is 0 Å². The largest absolute Gasteiger partial charge is 0.497 e. The molecule has 0 aromatic heterocycles. The molecule has 4 nitrogen and oxygen atoms in total. The molecule has 1 atom stereocenters. The van der Waals surface area contributed by atoms with Crippen LogP contribution in [0.1, 0.15) is 53.5 Å². The number of carbonyl (C=O) groups is 2. The monoisotopic (exact) mass is 334 g/mol. The first kappa shape index (κ1) is 20.2. The van der Waals surface area contributed by atoms with E-state index in [1.54, 1.807) is 7.11 Å². The Bertz CT molecular complexity index is 576. The molecule has 24 heavy (non-hydrogen) atoms. The van der Waals surface area contributed by atoms with Crippen LogP contribution in [-0.2, 0) is 20.9 Å². The highest BCUT2D eigenvalue weighted by Crippen LogP contribution is 2.35. The summed E-state index contributed by atoms with van der Waals surface area (Å²) < 4.78 is 10.5. The summed E-state index contributed by atoms with van der Waals surface area (Å²) in [6.07, 6.45) is 0.101. The van der Waals surface area contributed by atoms with Crippen LogP contribution in [-0.4, -0.2) is 18.9 Å². The van der Waals surface area contributed by atoms with Gasteiger partial charge in [-0.3, -0.25) is 9.59 Å². The van der Waals surface area contributed by atoms with Gasteiger partial charge in [-0.05, 0) is 23.1 Å². The number of benzene rings is 1. The summed E-state index contributed by atoms with van der Waals surface area (Å²) in [5.74, 6) is 0.0954. The molecule has 4 heteroatoms. The molecular weight excluding hydrogens is 304 g/mol. The van der Waals surface area contributed by atoms with E-state index in [1.165, 1.54) is 0 Å². The van der Waals surface area contributed by atoms with Gasteiger partial charge in [0.1, 0.15) is 18.1 Å². The number of carbonyl (C=O) groups excluding carboxylic acids is 2. The van der Waals surface area contributed by atoms with Crippen LogP contribution in [0, 0.1) is 16.7 Å². The van der Waals surface area contributed by atoms with Crippen LogP contribution >= 0.6 is 0 Å². The number of methoxy groups -OCH3 is 1. The molecule has 0 fully saturated rings. The third-order valence-electron chi connectivity index (χ3n) is 4.01. The van der Waals surface area contributed by atoms with Gasteiger partial charge in [0.05, 0.1) is 13.5 Å². The standard InChI is InChI=1S/C20H30O4/c1-19(2,3)16(18(22)20(4,5)6)12-17(21)24-13-14-9-8-10-15(11-14)23-7/h8-11,16H,12-13H2,1-7H3. The molecule has 0 saturated carbocycles. The number of hydrogen-bond donors (Lipinski definition) is 0. The van der Waals surface area contributed by atoms with Crippen LogP contribution < -0.4 is 4.74 Å². The van der Waals surface area contributed by atoms with E-state index in [-0.39, 0.29) is 36.1 Å². The first-order valence-electron chi connectivity index (χ1n) is 8.28. The Kier molecular flexibility index (Phi) is 6.58. The smallest absolute Gasteiger partial charge is 0.306 e. The van der Waals surface area contributed by atoms with Gasteiger partial charge >= 0.3 is 5.97 Å². The average molecular weight is 334 g/mol. The van der Waals surface area contributed by atoms with Crippen LogP contribution in [0.3, 0.4) is 0 Å². The molecule has 0 N–H and O–H groups in total. The van der Waals surface area contributed by atoms with Gasteiger partial charge in [0, 0.05) is 11.3 Å². The quantitative estimate of drug-likeness (QED) is 0.723. The second-order valence-corrected chi connectivity index (χ2v) is 8.25. The fraction of sp³-hybridized carbons (Fsp3) is 0.600. The van der Waals surface area contributed by atoms with E-state index in [0.717, 1.165) is 11.3 Å². The van der Waals surface area contributed by atoms with Crippen molar-refractivity contribution in [3.63, 3.8) is 0 Å². The summed E-state index contributed by atoms with van der Waals surface area (Å²) in [4.78, 5) is 24.9. The predicted molar refractivity (Wildman–Crippen MR) is 94.8 cm³/mol. The van der Waals surface area contributed by atoms with E-state index in [4.69, 9.17) is 9.47 Å². The van der Waals surface area contributed by atoms with Gasteiger partial charge in [-0.25, -0.2) is 0 Å². The topological polar surface area (TPSA) is 52.6 Å². The van der Waals surface area contributed by atoms with E-state index in [2.05, 4.69) is 0 Å². The molecule has 0 aliphatic heterocycles. The van der Waals surface area contributed by atoms with E-state index < -0.39 is 5.41 Å². The van der Waals surface area contributed by atoms with E-state index >= 15 is 0 Å². The minimum atomic E-state index is -0.481. The molecule has 134 valence electrons. The molecule has 0 bridgehead atoms. The molecule has 0 radical (unpaired) electrons. The Morgan fingerprint density at radius 1 is 1.08 bits per heavy atom. The first-order chi connectivity index (χ1) is 10.9. The SMILES string of the molecule is COc1cccc(COC(=O)CC(C(=O)C(C)(C)C)C(C)(C)C)c1. The molecule has 0 spiro atoms. The number of rotatable bonds is 6. The Hall–Kier alpha value is -1.84. The van der Waals surface area contributed by atoms with Crippen LogP contribution in [0.5, 0.6) is 5.75 Å². The molecule has 1 rings (SSSR count). The molecule has 1 aromatic rings. The summed E-state index contributed by atoms with van der Waals surface area (Å²) in [5.41, 5.74) is 0.0850. The number of hydrogen-bond acceptors (Lipinski definition) is 4. The summed E-state index contributed by atoms with van der Waals surface area (Å²) in [6.45, 7) is 11.8. The van der Waals surface area contributed by atoms with Crippen molar-refractivity contribution in [2.24, 2.45) is 16.7 Å². The van der Waals surface area contributed by atoms with Crippen LogP contribution in [0.2, 0.25) is 0 Å². The Morgan fingerprint density at radius 2 is 1.71 bits per heavy atom. The zero-order chi connectivity index (χ0) is 18.5. The van der Waals surface area contributed by atoms with E-state index in [9.17, 15) is 9.59 Å². The maximum absolute atomic E-state index is 12.7. The van der Waals surface area contributed by atoms with Gasteiger partial charge in [-0.15, -0.1) is 0 Å². The fourth-order valence-electron chi connectivity index (χ4n) is 2.47. The lowest BCUT2D eigenvalue weighted by atomic mass is 9.70. The third kappa shape index (κ3) is 5.99. The number of esters is 1. The number of ether oxygens (including phenoxy) is 2. The Balaban J connectivity index is 2.73. The lowest BCUT2D eigenvalue weighted by Gasteiger charge is -2.33. The molecule has 0 heterocycles. The molecule has 0 aliphatic rings. The summed E-state index contributed by atoms with van der Waals surface area (Å²) in [7, 11) is 1.59. The molecule has 1 unspecified atom stereocenters. The van der Waals surface area contributed by atoms with Crippen molar-refractivity contribution in [1.29, 1.82) is 0 Å². The van der Waals surface area contributed by atoms with Gasteiger partial charge < -0.3 is 9.47 Å². The second-order valence-electron chi connectivity index (χ2n) is 8.25. The van der Waals surface area contributed by atoms with Crippen molar-refractivity contribution < 1.29 is 19.1 Å². The molecule has 0 amide bonds. The van der Waals surface area contributed by atoms with Crippen molar-refractivity contribution >= 4 is 11.8 Å². The maximum atomic E-state index is 12.7. The van der Waals surface area contributed by atoms with Crippen molar-refractivity contribution in [3.05, 3.63) is 29.8 Å². The minimum Gasteiger partial charge on any atom is -0.497 e. The van der Waals surface area contributed by atoms with E-state index in [1.807, 2.05) is 65.8 Å². The summed E-state index contributed by atoms with van der Waals surface area (Å²) >= 11 is 0. The van der Waals surface area contributed by atoms with Gasteiger partial charge in [0.2, 0.25) is 0 Å². The lowest BCUT2D eigenvalue weighted by molar-refractivity contribution is -0.151. The predicted octanol–water partition coefficient (Wildman–Crippen LogP) is 4.41. The maximum Gasteiger partial charge on any atom is 0.306 e. The molecule has 0 aliphatic carbocycles. The highest BCUT2D eigenvalue weighted by atomic mass is 16.5. The first-order valence-corrected chi connectivity index (χ1v) is 8.28. The second kappa shape index (κ2) is 7.82. The molecular formula is C20H30O4. The van der Waals surface area contributed by atoms with Crippen molar-refractivity contribution in [1.82, 2.24) is 0 Å². The summed E-state index contributed by atoms with van der Waals surface area (Å²) in [6, 6.07) is 7.39. The highest BCUT2D eigenvalue weighted by molar-refractivity contribution is 5.89. The van der Waals surface area contributed by atoms with Crippen LogP contribution in [0.4, 0.5) is 0 Å². The number of Topliss-reactive ketones (excluding diaryl/α,β-unsaturated/α-hetero) is 1. The van der Waals surface area contributed by atoms with Crippen molar-refractivity contribution in [2.45, 2.75) is 54.6 Å². The van der Waals surface area contributed by atoms with E-state index in [0.29, 0.717) is 0 Å². The molecule has 0 saturated heterocycles. The zero-order valence-corrected chi connectivity index (χ0v) is 15.9.